The Labute approximate surface area is 139 Å². The molecule has 24 heavy (non-hydrogen) atoms. The van der Waals surface area contributed by atoms with Gasteiger partial charge in [0.05, 0.1) is 6.26 Å². The Hall–Kier alpha value is -3.09. The molecule has 0 aliphatic heterocycles. The van der Waals surface area contributed by atoms with Crippen LogP contribution in [0.2, 0.25) is 0 Å². The van der Waals surface area contributed by atoms with Crippen LogP contribution in [-0.4, -0.2) is 30.8 Å². The molecule has 2 aromatic rings. The Kier molecular flexibility index (Phi) is 6.13. The second kappa shape index (κ2) is 8.52. The second-order valence-electron chi connectivity index (χ2n) is 4.97. The molecule has 7 nitrogen and oxygen atoms in total. The van der Waals surface area contributed by atoms with Crippen molar-refractivity contribution in [2.75, 3.05) is 18.4 Å². The first-order valence-electron chi connectivity index (χ1n) is 7.60. The minimum atomic E-state index is -0.358. The first-order chi connectivity index (χ1) is 11.6. The number of benzene rings is 1. The molecule has 0 aliphatic rings. The second-order valence-corrected chi connectivity index (χ2v) is 4.97. The highest BCUT2D eigenvalue weighted by atomic mass is 16.3. The molecule has 0 bridgehead atoms. The van der Waals surface area contributed by atoms with Crippen molar-refractivity contribution in [2.24, 2.45) is 0 Å². The van der Waals surface area contributed by atoms with Crippen molar-refractivity contribution in [3.63, 3.8) is 0 Å². The van der Waals surface area contributed by atoms with E-state index in [1.165, 1.54) is 6.26 Å². The Bertz CT molecular complexity index is 693. The number of rotatable bonds is 7. The summed E-state index contributed by atoms with van der Waals surface area (Å²) in [6.45, 7) is 2.50. The molecule has 1 aromatic heterocycles. The number of hydrogen-bond acceptors (Lipinski definition) is 4. The monoisotopic (exact) mass is 329 g/mol. The molecule has 0 unspecified atom stereocenters. The van der Waals surface area contributed by atoms with Gasteiger partial charge in [0.2, 0.25) is 5.91 Å². The van der Waals surface area contributed by atoms with Gasteiger partial charge in [-0.1, -0.05) is 6.92 Å². The Morgan fingerprint density at radius 2 is 1.67 bits per heavy atom. The van der Waals surface area contributed by atoms with E-state index in [9.17, 15) is 14.4 Å². The summed E-state index contributed by atoms with van der Waals surface area (Å²) >= 11 is 0. The van der Waals surface area contributed by atoms with Crippen LogP contribution in [0.15, 0.2) is 47.1 Å². The SMILES string of the molecule is CCC(=O)NCCNC(=O)c1ccc(NC(=O)c2ccco2)cc1. The highest BCUT2D eigenvalue weighted by molar-refractivity contribution is 6.02. The summed E-state index contributed by atoms with van der Waals surface area (Å²) in [4.78, 5) is 34.9. The van der Waals surface area contributed by atoms with Crippen LogP contribution in [0.25, 0.3) is 0 Å². The van der Waals surface area contributed by atoms with Crippen LogP contribution in [0.5, 0.6) is 0 Å². The van der Waals surface area contributed by atoms with Crippen LogP contribution >= 0.6 is 0 Å². The third-order valence-electron chi connectivity index (χ3n) is 3.20. The predicted octanol–water partition coefficient (Wildman–Crippen LogP) is 1.79. The molecule has 0 spiro atoms. The average Bonchev–Trinajstić information content (AvgIpc) is 3.13. The predicted molar refractivity (Wildman–Crippen MR) is 88.7 cm³/mol. The Balaban J connectivity index is 1.81. The standard InChI is InChI=1S/C17H19N3O4/c1-2-15(21)18-9-10-19-16(22)12-5-7-13(8-6-12)20-17(23)14-4-3-11-24-14/h3-8,11H,2,9-10H2,1H3,(H,18,21)(H,19,22)(H,20,23). The van der Waals surface area contributed by atoms with E-state index < -0.39 is 0 Å². The lowest BCUT2D eigenvalue weighted by Crippen LogP contribution is -2.34. The molecule has 0 radical (unpaired) electrons. The van der Waals surface area contributed by atoms with E-state index in [0.717, 1.165) is 0 Å². The lowest BCUT2D eigenvalue weighted by atomic mass is 10.2. The molecular weight excluding hydrogens is 310 g/mol. The van der Waals surface area contributed by atoms with Crippen LogP contribution in [0.4, 0.5) is 5.69 Å². The number of furan rings is 1. The molecule has 0 aliphatic carbocycles. The van der Waals surface area contributed by atoms with Crippen LogP contribution in [-0.2, 0) is 4.79 Å². The lowest BCUT2D eigenvalue weighted by Gasteiger charge is -2.07. The van der Waals surface area contributed by atoms with E-state index >= 15 is 0 Å². The summed E-state index contributed by atoms with van der Waals surface area (Å²) in [7, 11) is 0. The first kappa shape index (κ1) is 17.3. The lowest BCUT2D eigenvalue weighted by molar-refractivity contribution is -0.120. The van der Waals surface area contributed by atoms with E-state index in [1.807, 2.05) is 0 Å². The number of nitrogens with one attached hydrogen (secondary N) is 3. The minimum Gasteiger partial charge on any atom is -0.459 e. The van der Waals surface area contributed by atoms with E-state index in [1.54, 1.807) is 43.3 Å². The van der Waals surface area contributed by atoms with Gasteiger partial charge in [0.25, 0.3) is 11.8 Å². The van der Waals surface area contributed by atoms with Crippen LogP contribution in [0.1, 0.15) is 34.3 Å². The van der Waals surface area contributed by atoms with Crippen LogP contribution < -0.4 is 16.0 Å². The molecule has 1 heterocycles. The highest BCUT2D eigenvalue weighted by Crippen LogP contribution is 2.11. The van der Waals surface area contributed by atoms with Gasteiger partial charge in [-0.3, -0.25) is 14.4 Å². The van der Waals surface area contributed by atoms with Gasteiger partial charge >= 0.3 is 0 Å². The third-order valence-corrected chi connectivity index (χ3v) is 3.20. The molecule has 1 aromatic carbocycles. The summed E-state index contributed by atoms with van der Waals surface area (Å²) in [6, 6.07) is 9.68. The van der Waals surface area contributed by atoms with E-state index in [2.05, 4.69) is 16.0 Å². The zero-order valence-corrected chi connectivity index (χ0v) is 13.3. The van der Waals surface area contributed by atoms with Gasteiger partial charge in [0.15, 0.2) is 5.76 Å². The number of anilines is 1. The van der Waals surface area contributed by atoms with Crippen molar-refractivity contribution in [3.8, 4) is 0 Å². The number of hydrogen-bond donors (Lipinski definition) is 3. The molecule has 126 valence electrons. The van der Waals surface area contributed by atoms with Crippen molar-refractivity contribution < 1.29 is 18.8 Å². The summed E-state index contributed by atoms with van der Waals surface area (Å²) in [5.41, 5.74) is 1.02. The Morgan fingerprint density at radius 3 is 2.29 bits per heavy atom. The van der Waals surface area contributed by atoms with Crippen LogP contribution in [0, 0.1) is 0 Å². The van der Waals surface area contributed by atoms with Gasteiger partial charge in [0, 0.05) is 30.8 Å². The minimum absolute atomic E-state index is 0.0547. The van der Waals surface area contributed by atoms with Gasteiger partial charge in [-0.15, -0.1) is 0 Å². The maximum absolute atomic E-state index is 12.0. The average molecular weight is 329 g/mol. The zero-order valence-electron chi connectivity index (χ0n) is 13.3. The van der Waals surface area contributed by atoms with Gasteiger partial charge in [-0.25, -0.2) is 0 Å². The van der Waals surface area contributed by atoms with Gasteiger partial charge in [0.1, 0.15) is 0 Å². The highest BCUT2D eigenvalue weighted by Gasteiger charge is 2.09. The third kappa shape index (κ3) is 4.98. The molecule has 0 atom stereocenters. The molecule has 3 N–H and O–H groups in total. The molecule has 0 saturated carbocycles. The van der Waals surface area contributed by atoms with Crippen molar-refractivity contribution >= 4 is 23.4 Å². The largest absolute Gasteiger partial charge is 0.459 e. The molecule has 7 heteroatoms. The zero-order chi connectivity index (χ0) is 17.4. The fraction of sp³-hybridized carbons (Fsp3) is 0.235. The first-order valence-corrected chi connectivity index (χ1v) is 7.60. The van der Waals surface area contributed by atoms with Crippen molar-refractivity contribution in [1.29, 1.82) is 0 Å². The van der Waals surface area contributed by atoms with E-state index in [-0.39, 0.29) is 23.5 Å². The molecule has 0 fully saturated rings. The number of amides is 3. The summed E-state index contributed by atoms with van der Waals surface area (Å²) in [5, 5.41) is 8.05. The smallest absolute Gasteiger partial charge is 0.291 e. The fourth-order valence-electron chi connectivity index (χ4n) is 1.91. The Morgan fingerprint density at radius 1 is 0.958 bits per heavy atom. The molecular formula is C17H19N3O4. The molecule has 2 rings (SSSR count). The summed E-state index contributed by atoms with van der Waals surface area (Å²) in [5.74, 6) is -0.444. The summed E-state index contributed by atoms with van der Waals surface area (Å²) in [6.07, 6.45) is 1.84. The number of carbonyl (C=O) groups excluding carboxylic acids is 3. The molecule has 3 amide bonds. The molecule has 0 saturated heterocycles. The maximum atomic E-state index is 12.0. The van der Waals surface area contributed by atoms with Crippen LogP contribution in [0.3, 0.4) is 0 Å². The van der Waals surface area contributed by atoms with E-state index in [0.29, 0.717) is 30.8 Å². The van der Waals surface area contributed by atoms with Gasteiger partial charge in [-0.2, -0.15) is 0 Å². The fourth-order valence-corrected chi connectivity index (χ4v) is 1.91. The summed E-state index contributed by atoms with van der Waals surface area (Å²) < 4.78 is 5.00. The maximum Gasteiger partial charge on any atom is 0.291 e. The van der Waals surface area contributed by atoms with Crippen molar-refractivity contribution in [1.82, 2.24) is 10.6 Å². The van der Waals surface area contributed by atoms with Crippen molar-refractivity contribution in [2.45, 2.75) is 13.3 Å². The quantitative estimate of drug-likeness (QED) is 0.674. The van der Waals surface area contributed by atoms with Gasteiger partial charge in [-0.05, 0) is 36.4 Å². The van der Waals surface area contributed by atoms with E-state index in [4.69, 9.17) is 4.42 Å². The normalized spacial score (nSPS) is 10.0. The number of carbonyl (C=O) groups is 3. The van der Waals surface area contributed by atoms with Gasteiger partial charge < -0.3 is 20.4 Å². The topological polar surface area (TPSA) is 100 Å². The van der Waals surface area contributed by atoms with Crippen molar-refractivity contribution in [3.05, 3.63) is 54.0 Å².